The summed E-state index contributed by atoms with van der Waals surface area (Å²) in [5.74, 6) is 0.994. The van der Waals surface area contributed by atoms with E-state index in [0.29, 0.717) is 30.4 Å². The molecule has 2 heterocycles. The van der Waals surface area contributed by atoms with Gasteiger partial charge in [0.2, 0.25) is 10.0 Å². The SMILES string of the molecule is CNCC1CCN(S(=O)(=O)c2cnn(-c3ccccc3OC)c2)C1.Cl. The molecule has 2 aromatic rings. The summed E-state index contributed by atoms with van der Waals surface area (Å²) >= 11 is 0. The molecule has 0 amide bonds. The number of nitrogens with zero attached hydrogens (tertiary/aromatic N) is 3. The van der Waals surface area contributed by atoms with Crippen LogP contribution in [0.5, 0.6) is 5.75 Å². The fourth-order valence-electron chi connectivity index (χ4n) is 3.01. The zero-order valence-corrected chi connectivity index (χ0v) is 15.9. The van der Waals surface area contributed by atoms with Crippen molar-refractivity contribution >= 4 is 22.4 Å². The van der Waals surface area contributed by atoms with Crippen molar-refractivity contribution in [2.75, 3.05) is 33.8 Å². The topological polar surface area (TPSA) is 76.5 Å². The van der Waals surface area contributed by atoms with Crippen LogP contribution in [0.1, 0.15) is 6.42 Å². The molecular formula is C16H23ClN4O3S. The van der Waals surface area contributed by atoms with Crippen molar-refractivity contribution in [3.8, 4) is 11.4 Å². The fraction of sp³-hybridized carbons (Fsp3) is 0.438. The molecule has 1 atom stereocenters. The highest BCUT2D eigenvalue weighted by atomic mass is 35.5. The van der Waals surface area contributed by atoms with Crippen LogP contribution in [0.3, 0.4) is 0 Å². The standard InChI is InChI=1S/C16H22N4O3S.ClH/c1-17-9-13-7-8-19(11-13)24(21,22)14-10-18-20(12-14)15-5-3-4-6-16(15)23-2;/h3-6,10,12-13,17H,7-9,11H2,1-2H3;1H. The number of hydrogen-bond donors (Lipinski definition) is 1. The Morgan fingerprint density at radius 3 is 2.84 bits per heavy atom. The van der Waals surface area contributed by atoms with Crippen molar-refractivity contribution < 1.29 is 13.2 Å². The van der Waals surface area contributed by atoms with E-state index in [1.165, 1.54) is 10.9 Å². The predicted molar refractivity (Wildman–Crippen MR) is 98.2 cm³/mol. The molecule has 0 aliphatic carbocycles. The third-order valence-corrected chi connectivity index (χ3v) is 6.09. The molecule has 25 heavy (non-hydrogen) atoms. The normalized spacial score (nSPS) is 18.1. The Morgan fingerprint density at radius 1 is 1.36 bits per heavy atom. The maximum Gasteiger partial charge on any atom is 0.246 e. The Hall–Kier alpha value is -1.61. The molecule has 0 bridgehead atoms. The van der Waals surface area contributed by atoms with Crippen LogP contribution in [-0.4, -0.2) is 56.3 Å². The molecule has 0 radical (unpaired) electrons. The lowest BCUT2D eigenvalue weighted by Crippen LogP contribution is -2.30. The molecule has 0 saturated carbocycles. The largest absolute Gasteiger partial charge is 0.494 e. The van der Waals surface area contributed by atoms with E-state index in [4.69, 9.17) is 4.74 Å². The van der Waals surface area contributed by atoms with E-state index in [9.17, 15) is 8.42 Å². The van der Waals surface area contributed by atoms with Crippen LogP contribution in [0.25, 0.3) is 5.69 Å². The first kappa shape index (κ1) is 19.7. The van der Waals surface area contributed by atoms with Crippen LogP contribution < -0.4 is 10.1 Å². The van der Waals surface area contributed by atoms with Crippen LogP contribution in [0.4, 0.5) is 0 Å². The van der Waals surface area contributed by atoms with Crippen LogP contribution in [0.15, 0.2) is 41.6 Å². The average Bonchev–Trinajstić information content (AvgIpc) is 3.25. The first-order valence-corrected chi connectivity index (χ1v) is 9.33. The summed E-state index contributed by atoms with van der Waals surface area (Å²) in [5, 5.41) is 7.31. The van der Waals surface area contributed by atoms with E-state index in [1.54, 1.807) is 17.6 Å². The molecule has 1 fully saturated rings. The Morgan fingerprint density at radius 2 is 2.12 bits per heavy atom. The monoisotopic (exact) mass is 386 g/mol. The zero-order chi connectivity index (χ0) is 17.2. The van der Waals surface area contributed by atoms with Crippen molar-refractivity contribution in [3.63, 3.8) is 0 Å². The van der Waals surface area contributed by atoms with Crippen molar-refractivity contribution in [3.05, 3.63) is 36.7 Å². The lowest BCUT2D eigenvalue weighted by Gasteiger charge is -2.15. The fourth-order valence-corrected chi connectivity index (χ4v) is 4.47. The maximum atomic E-state index is 12.8. The number of hydrogen-bond acceptors (Lipinski definition) is 5. The van der Waals surface area contributed by atoms with Crippen molar-refractivity contribution in [1.82, 2.24) is 19.4 Å². The number of rotatable bonds is 6. The zero-order valence-electron chi connectivity index (χ0n) is 14.3. The number of methoxy groups -OCH3 is 1. The van der Waals surface area contributed by atoms with Gasteiger partial charge in [-0.3, -0.25) is 0 Å². The van der Waals surface area contributed by atoms with E-state index in [-0.39, 0.29) is 17.3 Å². The van der Waals surface area contributed by atoms with E-state index < -0.39 is 10.0 Å². The van der Waals surface area contributed by atoms with Gasteiger partial charge in [-0.15, -0.1) is 12.4 Å². The van der Waals surface area contributed by atoms with Crippen LogP contribution in [0.2, 0.25) is 0 Å². The minimum atomic E-state index is -3.52. The van der Waals surface area contributed by atoms with Gasteiger partial charge in [0.05, 0.1) is 19.5 Å². The number of para-hydroxylation sites is 2. The van der Waals surface area contributed by atoms with Crippen LogP contribution in [-0.2, 0) is 10.0 Å². The predicted octanol–water partition coefficient (Wildman–Crippen LogP) is 1.53. The third kappa shape index (κ3) is 3.98. The van der Waals surface area contributed by atoms with Gasteiger partial charge in [0.1, 0.15) is 16.3 Å². The molecule has 0 spiro atoms. The number of ether oxygens (including phenoxy) is 1. The Bertz CT molecular complexity index is 809. The molecule has 138 valence electrons. The van der Waals surface area contributed by atoms with Gasteiger partial charge in [-0.2, -0.15) is 9.40 Å². The third-order valence-electron chi connectivity index (χ3n) is 4.27. The molecule has 1 N–H and O–H groups in total. The first-order chi connectivity index (χ1) is 11.6. The highest BCUT2D eigenvalue weighted by Crippen LogP contribution is 2.26. The summed E-state index contributed by atoms with van der Waals surface area (Å²) in [6.07, 6.45) is 3.81. The Kier molecular flexibility index (Phi) is 6.45. The molecule has 1 aliphatic heterocycles. The van der Waals surface area contributed by atoms with Gasteiger partial charge >= 0.3 is 0 Å². The van der Waals surface area contributed by atoms with Gasteiger partial charge in [-0.1, -0.05) is 12.1 Å². The molecule has 3 rings (SSSR count). The van der Waals surface area contributed by atoms with Crippen LogP contribution >= 0.6 is 12.4 Å². The summed E-state index contributed by atoms with van der Waals surface area (Å²) in [7, 11) is -0.0564. The molecule has 1 saturated heterocycles. The number of sulfonamides is 1. The number of nitrogens with one attached hydrogen (secondary N) is 1. The first-order valence-electron chi connectivity index (χ1n) is 7.89. The highest BCUT2D eigenvalue weighted by molar-refractivity contribution is 7.89. The molecule has 9 heteroatoms. The molecule has 7 nitrogen and oxygen atoms in total. The highest BCUT2D eigenvalue weighted by Gasteiger charge is 2.33. The summed E-state index contributed by atoms with van der Waals surface area (Å²) in [5.41, 5.74) is 0.705. The van der Waals surface area contributed by atoms with Gasteiger partial charge < -0.3 is 10.1 Å². The van der Waals surface area contributed by atoms with Gasteiger partial charge in [-0.05, 0) is 38.1 Å². The Labute approximate surface area is 154 Å². The minimum Gasteiger partial charge on any atom is -0.494 e. The quantitative estimate of drug-likeness (QED) is 0.814. The number of halogens is 1. The Balaban J connectivity index is 0.00000225. The van der Waals surface area contributed by atoms with Gasteiger partial charge in [0.15, 0.2) is 0 Å². The second kappa shape index (κ2) is 8.18. The summed E-state index contributed by atoms with van der Waals surface area (Å²) < 4.78 is 34.0. The van der Waals surface area contributed by atoms with Gasteiger partial charge in [0.25, 0.3) is 0 Å². The number of aromatic nitrogens is 2. The summed E-state index contributed by atoms with van der Waals surface area (Å²) in [6.45, 7) is 1.92. The molecule has 1 unspecified atom stereocenters. The van der Waals surface area contributed by atoms with Gasteiger partial charge in [-0.25, -0.2) is 13.1 Å². The molecule has 1 aromatic carbocycles. The van der Waals surface area contributed by atoms with Crippen molar-refractivity contribution in [2.45, 2.75) is 11.3 Å². The maximum absolute atomic E-state index is 12.8. The van der Waals surface area contributed by atoms with Gasteiger partial charge in [0, 0.05) is 13.1 Å². The molecule has 1 aliphatic rings. The number of benzene rings is 1. The average molecular weight is 387 g/mol. The van der Waals surface area contributed by atoms with Crippen molar-refractivity contribution in [2.24, 2.45) is 5.92 Å². The smallest absolute Gasteiger partial charge is 0.246 e. The summed E-state index contributed by atoms with van der Waals surface area (Å²) in [4.78, 5) is 0.207. The lowest BCUT2D eigenvalue weighted by molar-refractivity contribution is 0.411. The van der Waals surface area contributed by atoms with Crippen LogP contribution in [0, 0.1) is 5.92 Å². The van der Waals surface area contributed by atoms with E-state index in [2.05, 4.69) is 10.4 Å². The summed E-state index contributed by atoms with van der Waals surface area (Å²) in [6, 6.07) is 7.36. The second-order valence-corrected chi connectivity index (χ2v) is 7.81. The molecule has 1 aromatic heterocycles. The molecular weight excluding hydrogens is 364 g/mol. The van der Waals surface area contributed by atoms with Crippen molar-refractivity contribution in [1.29, 1.82) is 0 Å². The second-order valence-electron chi connectivity index (χ2n) is 5.87. The van der Waals surface area contributed by atoms with E-state index >= 15 is 0 Å². The lowest BCUT2D eigenvalue weighted by atomic mass is 10.1. The minimum absolute atomic E-state index is 0. The van der Waals surface area contributed by atoms with E-state index in [0.717, 1.165) is 13.0 Å². The van der Waals surface area contributed by atoms with E-state index in [1.807, 2.05) is 31.3 Å².